The van der Waals surface area contributed by atoms with E-state index in [0.29, 0.717) is 22.3 Å². The molecule has 0 radical (unpaired) electrons. The predicted molar refractivity (Wildman–Crippen MR) is 143 cm³/mol. The number of allylic oxidation sites excluding steroid dienone is 7. The van der Waals surface area contributed by atoms with Crippen LogP contribution in [0, 0.1) is 65.3 Å². The van der Waals surface area contributed by atoms with Crippen molar-refractivity contribution >= 4 is 33.6 Å². The standard InChI is InChI=1S/C32H10F2N6/c1-38-26(15-36)30-21-9-7-19(33)12-23(21)25(14-35)28(30)17-5-4-6-18(11-17)29-31(27(16-37)39-2)22-10-8-20(34)13-24(22)32(29)40-3/h4-13H/b30-26+,31-27?. The molecule has 0 aliphatic heterocycles. The number of nitrogens with zero attached hydrogens (tertiary/aromatic N) is 6. The number of benzene rings is 3. The van der Waals surface area contributed by atoms with E-state index in [1.165, 1.54) is 36.4 Å². The van der Waals surface area contributed by atoms with Gasteiger partial charge in [-0.05, 0) is 74.9 Å². The van der Waals surface area contributed by atoms with Crippen LogP contribution >= 0.6 is 0 Å². The summed E-state index contributed by atoms with van der Waals surface area (Å²) in [4.78, 5) is 10.3. The summed E-state index contributed by atoms with van der Waals surface area (Å²) < 4.78 is 28.4. The highest BCUT2D eigenvalue weighted by Crippen LogP contribution is 2.51. The van der Waals surface area contributed by atoms with Crippen LogP contribution in [0.3, 0.4) is 0 Å². The SMILES string of the molecule is [C-]#[N+]C(C#N)=C1C(c2cccc(C3=C(C#N)c4cc(F)ccc4/C3=C(/C#N)[N+]#[C-])c2)=C([N+]#[C-])c2cc(F)ccc21. The quantitative estimate of drug-likeness (QED) is 0.261. The minimum atomic E-state index is -0.595. The lowest BCUT2D eigenvalue weighted by Crippen LogP contribution is -1.94. The van der Waals surface area contributed by atoms with Crippen LogP contribution in [-0.2, 0) is 0 Å². The van der Waals surface area contributed by atoms with Gasteiger partial charge in [0.25, 0.3) is 11.4 Å². The molecule has 3 aromatic rings. The second kappa shape index (κ2) is 9.71. The Balaban J connectivity index is 1.85. The lowest BCUT2D eigenvalue weighted by atomic mass is 9.90. The van der Waals surface area contributed by atoms with Crippen LogP contribution in [-0.4, -0.2) is 0 Å². The minimum absolute atomic E-state index is 0.0407. The third kappa shape index (κ3) is 3.64. The fourth-order valence-electron chi connectivity index (χ4n) is 5.05. The van der Waals surface area contributed by atoms with E-state index >= 15 is 0 Å². The number of rotatable bonds is 2. The first-order valence-corrected chi connectivity index (χ1v) is 11.4. The molecule has 8 heteroatoms. The van der Waals surface area contributed by atoms with Crippen LogP contribution in [0.2, 0.25) is 0 Å². The molecule has 0 fully saturated rings. The lowest BCUT2D eigenvalue weighted by Gasteiger charge is -2.13. The van der Waals surface area contributed by atoms with Gasteiger partial charge in [0.2, 0.25) is 5.70 Å². The molecule has 182 valence electrons. The summed E-state index contributed by atoms with van der Waals surface area (Å²) in [6.07, 6.45) is 0. The lowest BCUT2D eigenvalue weighted by molar-refractivity contribution is 0.627. The van der Waals surface area contributed by atoms with E-state index in [-0.39, 0.29) is 56.1 Å². The van der Waals surface area contributed by atoms with Crippen LogP contribution in [0.15, 0.2) is 72.1 Å². The number of hydrogen-bond acceptors (Lipinski definition) is 3. The molecule has 2 aliphatic carbocycles. The zero-order chi connectivity index (χ0) is 28.6. The van der Waals surface area contributed by atoms with Crippen molar-refractivity contribution in [3.05, 3.63) is 151 Å². The van der Waals surface area contributed by atoms with Gasteiger partial charge in [-0.2, -0.15) is 5.26 Å². The van der Waals surface area contributed by atoms with Gasteiger partial charge in [-0.15, -0.1) is 0 Å². The average molecular weight is 516 g/mol. The average Bonchev–Trinajstić information content (AvgIpc) is 3.46. The molecular formula is C32H10F2N6. The number of hydrogen-bond donors (Lipinski definition) is 0. The van der Waals surface area contributed by atoms with Crippen LogP contribution in [0.25, 0.3) is 48.1 Å². The Bertz CT molecular complexity index is 1910. The summed E-state index contributed by atoms with van der Waals surface area (Å²) in [7, 11) is 0. The summed E-state index contributed by atoms with van der Waals surface area (Å²) in [6.45, 7) is 23.0. The second-order valence-corrected chi connectivity index (χ2v) is 8.55. The monoisotopic (exact) mass is 516 g/mol. The smallest absolute Gasteiger partial charge is 0.237 e. The van der Waals surface area contributed by atoms with Crippen molar-refractivity contribution in [3.8, 4) is 18.2 Å². The number of halogens is 2. The molecule has 5 rings (SSSR count). The molecule has 0 saturated heterocycles. The Labute approximate surface area is 227 Å². The molecule has 0 spiro atoms. The van der Waals surface area contributed by atoms with Gasteiger partial charge in [-0.1, -0.05) is 30.3 Å². The third-order valence-corrected chi connectivity index (χ3v) is 6.59. The van der Waals surface area contributed by atoms with E-state index in [2.05, 4.69) is 20.6 Å². The Morgan fingerprint density at radius 3 is 1.70 bits per heavy atom. The molecule has 0 N–H and O–H groups in total. The Kier molecular flexibility index (Phi) is 6.09. The molecule has 6 nitrogen and oxygen atoms in total. The van der Waals surface area contributed by atoms with Gasteiger partial charge in [0.05, 0.1) is 37.4 Å². The highest BCUT2D eigenvalue weighted by Gasteiger charge is 2.33. The Hall–Kier alpha value is -6.58. The fourth-order valence-corrected chi connectivity index (χ4v) is 5.05. The normalized spacial score (nSPS) is 15.5. The molecule has 0 unspecified atom stereocenters. The maximum atomic E-state index is 14.2. The van der Waals surface area contributed by atoms with Crippen molar-refractivity contribution < 1.29 is 8.78 Å². The van der Waals surface area contributed by atoms with Gasteiger partial charge in [-0.3, -0.25) is 0 Å². The van der Waals surface area contributed by atoms with Crippen LogP contribution in [0.1, 0.15) is 33.4 Å². The second-order valence-electron chi connectivity index (χ2n) is 8.55. The molecule has 3 aromatic carbocycles. The first-order chi connectivity index (χ1) is 19.4. The zero-order valence-corrected chi connectivity index (χ0v) is 20.2. The van der Waals surface area contributed by atoms with Crippen molar-refractivity contribution in [2.24, 2.45) is 0 Å². The largest absolute Gasteiger partial charge is 0.270 e. The van der Waals surface area contributed by atoms with Gasteiger partial charge < -0.3 is 0 Å². The number of nitriles is 3. The van der Waals surface area contributed by atoms with Gasteiger partial charge in [0.15, 0.2) is 0 Å². The Morgan fingerprint density at radius 1 is 0.650 bits per heavy atom. The van der Waals surface area contributed by atoms with E-state index in [9.17, 15) is 24.6 Å². The molecular weight excluding hydrogens is 506 g/mol. The fraction of sp³-hybridized carbons (Fsp3) is 0. The van der Waals surface area contributed by atoms with Crippen LogP contribution < -0.4 is 0 Å². The highest BCUT2D eigenvalue weighted by atomic mass is 19.1. The predicted octanol–water partition coefficient (Wildman–Crippen LogP) is 7.52. The Morgan fingerprint density at radius 2 is 1.18 bits per heavy atom. The van der Waals surface area contributed by atoms with Crippen molar-refractivity contribution in [1.29, 1.82) is 15.8 Å². The van der Waals surface area contributed by atoms with Crippen molar-refractivity contribution in [3.63, 3.8) is 0 Å². The van der Waals surface area contributed by atoms with Crippen LogP contribution in [0.5, 0.6) is 0 Å². The molecule has 0 amide bonds. The van der Waals surface area contributed by atoms with E-state index in [0.717, 1.165) is 0 Å². The molecule has 0 bridgehead atoms. The topological polar surface area (TPSA) is 84.4 Å². The summed E-state index contributed by atoms with van der Waals surface area (Å²) in [5, 5.41) is 29.5. The van der Waals surface area contributed by atoms with Gasteiger partial charge in [0, 0.05) is 11.1 Å². The maximum Gasteiger partial charge on any atom is 0.270 e. The van der Waals surface area contributed by atoms with Crippen molar-refractivity contribution in [1.82, 2.24) is 0 Å². The molecule has 0 saturated carbocycles. The van der Waals surface area contributed by atoms with Crippen LogP contribution in [0.4, 0.5) is 8.78 Å². The third-order valence-electron chi connectivity index (χ3n) is 6.59. The van der Waals surface area contributed by atoms with Gasteiger partial charge >= 0.3 is 0 Å². The minimum Gasteiger partial charge on any atom is -0.237 e. The summed E-state index contributed by atoms with van der Waals surface area (Å²) in [5.74, 6) is -1.18. The van der Waals surface area contributed by atoms with E-state index in [1.807, 2.05) is 12.1 Å². The van der Waals surface area contributed by atoms with Crippen molar-refractivity contribution in [2.45, 2.75) is 0 Å². The molecule has 0 atom stereocenters. The molecule has 2 aliphatic rings. The van der Waals surface area contributed by atoms with E-state index in [4.69, 9.17) is 19.7 Å². The van der Waals surface area contributed by atoms with Gasteiger partial charge in [-0.25, -0.2) is 33.8 Å². The van der Waals surface area contributed by atoms with Gasteiger partial charge in [0.1, 0.15) is 17.7 Å². The zero-order valence-electron chi connectivity index (χ0n) is 20.2. The van der Waals surface area contributed by atoms with E-state index in [1.54, 1.807) is 24.3 Å². The molecule has 0 heterocycles. The maximum absolute atomic E-state index is 14.2. The first kappa shape index (κ1) is 25.1. The summed E-state index contributed by atoms with van der Waals surface area (Å²) in [5.41, 5.74) is 2.32. The van der Waals surface area contributed by atoms with E-state index < -0.39 is 11.6 Å². The molecule has 0 aromatic heterocycles. The highest BCUT2D eigenvalue weighted by molar-refractivity contribution is 6.27. The van der Waals surface area contributed by atoms with Crippen molar-refractivity contribution in [2.75, 3.05) is 0 Å². The number of fused-ring (bicyclic) bond motifs is 2. The molecule has 40 heavy (non-hydrogen) atoms. The summed E-state index contributed by atoms with van der Waals surface area (Å²) >= 11 is 0. The summed E-state index contributed by atoms with van der Waals surface area (Å²) in [6, 6.07) is 19.8. The first-order valence-electron chi connectivity index (χ1n) is 11.4.